The van der Waals surface area contributed by atoms with Crippen molar-refractivity contribution in [2.24, 2.45) is 0 Å². The molecule has 0 fully saturated rings. The lowest BCUT2D eigenvalue weighted by molar-refractivity contribution is 0.605. The van der Waals surface area contributed by atoms with Gasteiger partial charge < -0.3 is 0 Å². The Morgan fingerprint density at radius 2 is 1.26 bits per heavy atom. The average Bonchev–Trinajstić information content (AvgIpc) is 2.57. The van der Waals surface area contributed by atoms with Gasteiger partial charge in [0.05, 0.1) is 4.90 Å². The number of benzene rings is 4. The molecule has 4 rings (SSSR count). The summed E-state index contributed by atoms with van der Waals surface area (Å²) in [5.41, 5.74) is 0. The van der Waals surface area contributed by atoms with Crippen LogP contribution in [0.2, 0.25) is 0 Å². The van der Waals surface area contributed by atoms with Crippen molar-refractivity contribution in [2.75, 3.05) is 0 Å². The van der Waals surface area contributed by atoms with Crippen LogP contribution >= 0.6 is 0 Å². The molecule has 112 valence electrons. The van der Waals surface area contributed by atoms with Gasteiger partial charge in [-0.15, -0.1) is 0 Å². The topological polar surface area (TPSA) is 34.1 Å². The van der Waals surface area contributed by atoms with E-state index in [0.29, 0.717) is 4.90 Å². The Kier molecular flexibility index (Phi) is 3.00. The van der Waals surface area contributed by atoms with Gasteiger partial charge in [0.15, 0.2) is 9.84 Å². The molecule has 4 aromatic carbocycles. The fourth-order valence-electron chi connectivity index (χ4n) is 3.03. The fraction of sp³-hybridized carbons (Fsp3) is 0. The molecule has 0 spiro atoms. The van der Waals surface area contributed by atoms with Gasteiger partial charge in [-0.2, -0.15) is 0 Å². The van der Waals surface area contributed by atoms with E-state index >= 15 is 0 Å². The third-order valence-corrected chi connectivity index (χ3v) is 5.60. The van der Waals surface area contributed by atoms with Gasteiger partial charge in [0.25, 0.3) is 0 Å². The van der Waals surface area contributed by atoms with E-state index in [0.717, 1.165) is 32.3 Å². The predicted octanol–water partition coefficient (Wildman–Crippen LogP) is 5.06. The summed E-state index contributed by atoms with van der Waals surface area (Å²) in [6, 6.07) is 21.7. The number of rotatable bonds is 2. The first-order valence-corrected chi connectivity index (χ1v) is 8.86. The Bertz CT molecular complexity index is 1190. The highest BCUT2D eigenvalue weighted by Gasteiger charge is 2.14. The summed E-state index contributed by atoms with van der Waals surface area (Å²) in [6.45, 7) is 3.43. The second kappa shape index (κ2) is 4.93. The molecular weight excluding hydrogens is 304 g/mol. The Balaban J connectivity index is 2.15. The SMILES string of the molecule is C=CS(=O)(=O)c1cccc2cc3cc4ccccc4cc3cc12. The van der Waals surface area contributed by atoms with Crippen LogP contribution in [-0.2, 0) is 9.84 Å². The molecule has 0 aromatic heterocycles. The van der Waals surface area contributed by atoms with Gasteiger partial charge in [0.1, 0.15) is 0 Å². The van der Waals surface area contributed by atoms with E-state index in [1.165, 1.54) is 5.39 Å². The van der Waals surface area contributed by atoms with Gasteiger partial charge in [0.2, 0.25) is 0 Å². The summed E-state index contributed by atoms with van der Waals surface area (Å²) in [7, 11) is -3.47. The molecule has 0 saturated heterocycles. The Morgan fingerprint density at radius 1 is 0.696 bits per heavy atom. The molecule has 0 unspecified atom stereocenters. The van der Waals surface area contributed by atoms with E-state index in [2.05, 4.69) is 30.8 Å². The summed E-state index contributed by atoms with van der Waals surface area (Å²) in [5.74, 6) is 0. The molecule has 0 aliphatic heterocycles. The molecule has 0 aliphatic rings. The van der Waals surface area contributed by atoms with Crippen LogP contribution in [0.25, 0.3) is 32.3 Å². The third kappa shape index (κ3) is 2.21. The highest BCUT2D eigenvalue weighted by molar-refractivity contribution is 7.94. The van der Waals surface area contributed by atoms with Gasteiger partial charge in [-0.1, -0.05) is 43.0 Å². The van der Waals surface area contributed by atoms with Gasteiger partial charge in [-0.25, -0.2) is 8.42 Å². The van der Waals surface area contributed by atoms with Crippen molar-refractivity contribution in [3.8, 4) is 0 Å². The molecule has 23 heavy (non-hydrogen) atoms. The van der Waals surface area contributed by atoms with Crippen LogP contribution in [-0.4, -0.2) is 8.42 Å². The van der Waals surface area contributed by atoms with Crippen LogP contribution in [0.4, 0.5) is 0 Å². The molecule has 0 amide bonds. The standard InChI is InChI=1S/C20H14O2S/c1-2-23(21,22)20-9-5-8-16-12-17-10-14-6-3-4-7-15(14)11-18(17)13-19(16)20/h2-13H,1H2. The average molecular weight is 318 g/mol. The van der Waals surface area contributed by atoms with Crippen LogP contribution in [0.15, 0.2) is 83.6 Å². The summed E-state index contributed by atoms with van der Waals surface area (Å²) in [4.78, 5) is 0.306. The zero-order valence-corrected chi connectivity index (χ0v) is 13.2. The summed E-state index contributed by atoms with van der Waals surface area (Å²) in [5, 5.41) is 7.10. The minimum atomic E-state index is -3.47. The van der Waals surface area contributed by atoms with Gasteiger partial charge >= 0.3 is 0 Å². The van der Waals surface area contributed by atoms with E-state index < -0.39 is 9.84 Å². The molecule has 0 aliphatic carbocycles. The molecule has 0 heterocycles. The quantitative estimate of drug-likeness (QED) is 0.484. The highest BCUT2D eigenvalue weighted by atomic mass is 32.2. The first kappa shape index (κ1) is 14.0. The van der Waals surface area contributed by atoms with Crippen molar-refractivity contribution < 1.29 is 8.42 Å². The van der Waals surface area contributed by atoms with E-state index in [1.807, 2.05) is 30.3 Å². The third-order valence-electron chi connectivity index (χ3n) is 4.19. The molecule has 4 aromatic rings. The molecule has 2 nitrogen and oxygen atoms in total. The lowest BCUT2D eigenvalue weighted by atomic mass is 10.00. The van der Waals surface area contributed by atoms with Crippen molar-refractivity contribution in [1.82, 2.24) is 0 Å². The van der Waals surface area contributed by atoms with Gasteiger partial charge in [0, 0.05) is 10.8 Å². The van der Waals surface area contributed by atoms with Crippen molar-refractivity contribution in [3.05, 3.63) is 78.7 Å². The highest BCUT2D eigenvalue weighted by Crippen LogP contribution is 2.31. The second-order valence-corrected chi connectivity index (χ2v) is 7.45. The summed E-state index contributed by atoms with van der Waals surface area (Å²) in [6.07, 6.45) is 0. The Hall–Kier alpha value is -2.65. The summed E-state index contributed by atoms with van der Waals surface area (Å²) < 4.78 is 24.5. The number of fused-ring (bicyclic) bond motifs is 3. The lowest BCUT2D eigenvalue weighted by Crippen LogP contribution is -1.96. The molecule has 0 radical (unpaired) electrons. The molecule has 0 N–H and O–H groups in total. The maximum Gasteiger partial charge on any atom is 0.199 e. The minimum Gasteiger partial charge on any atom is -0.219 e. The van der Waals surface area contributed by atoms with E-state index in [1.54, 1.807) is 12.1 Å². The van der Waals surface area contributed by atoms with E-state index in [-0.39, 0.29) is 0 Å². The van der Waals surface area contributed by atoms with E-state index in [4.69, 9.17) is 0 Å². The Labute approximate surface area is 134 Å². The first-order valence-electron chi connectivity index (χ1n) is 7.31. The summed E-state index contributed by atoms with van der Waals surface area (Å²) >= 11 is 0. The number of hydrogen-bond donors (Lipinski definition) is 0. The van der Waals surface area contributed by atoms with Crippen molar-refractivity contribution in [2.45, 2.75) is 4.90 Å². The predicted molar refractivity (Wildman–Crippen MR) is 96.3 cm³/mol. The Morgan fingerprint density at radius 3 is 1.91 bits per heavy atom. The number of sulfone groups is 1. The van der Waals surface area contributed by atoms with Crippen LogP contribution < -0.4 is 0 Å². The molecular formula is C20H14O2S. The van der Waals surface area contributed by atoms with Crippen LogP contribution in [0.5, 0.6) is 0 Å². The lowest BCUT2D eigenvalue weighted by Gasteiger charge is -2.08. The zero-order valence-electron chi connectivity index (χ0n) is 12.4. The molecule has 3 heteroatoms. The monoisotopic (exact) mass is 318 g/mol. The maximum atomic E-state index is 12.2. The van der Waals surface area contributed by atoms with Crippen molar-refractivity contribution in [1.29, 1.82) is 0 Å². The van der Waals surface area contributed by atoms with Gasteiger partial charge in [-0.05, 0) is 57.3 Å². The first-order chi connectivity index (χ1) is 11.1. The van der Waals surface area contributed by atoms with Crippen molar-refractivity contribution >= 4 is 42.2 Å². The largest absolute Gasteiger partial charge is 0.219 e. The normalized spacial score (nSPS) is 12.0. The van der Waals surface area contributed by atoms with Crippen LogP contribution in [0.1, 0.15) is 0 Å². The van der Waals surface area contributed by atoms with Crippen LogP contribution in [0.3, 0.4) is 0 Å². The fourth-order valence-corrected chi connectivity index (χ4v) is 3.96. The minimum absolute atomic E-state index is 0.306. The molecule has 0 bridgehead atoms. The van der Waals surface area contributed by atoms with Crippen molar-refractivity contribution in [3.63, 3.8) is 0 Å². The maximum absolute atomic E-state index is 12.2. The molecule has 0 atom stereocenters. The zero-order chi connectivity index (χ0) is 16.0. The molecule has 0 saturated carbocycles. The second-order valence-electron chi connectivity index (χ2n) is 5.59. The smallest absolute Gasteiger partial charge is 0.199 e. The van der Waals surface area contributed by atoms with E-state index in [9.17, 15) is 8.42 Å². The van der Waals surface area contributed by atoms with Crippen LogP contribution in [0, 0.1) is 0 Å². The number of hydrogen-bond acceptors (Lipinski definition) is 2. The van der Waals surface area contributed by atoms with Gasteiger partial charge in [-0.3, -0.25) is 0 Å².